The molecule has 0 bridgehead atoms. The number of carbonyl (C=O) groups excluding carboxylic acids is 2. The van der Waals surface area contributed by atoms with E-state index >= 15 is 0 Å². The fourth-order valence-corrected chi connectivity index (χ4v) is 2.88. The van der Waals surface area contributed by atoms with Crippen LogP contribution in [0.3, 0.4) is 0 Å². The molecule has 5 nitrogen and oxygen atoms in total. The Kier molecular flexibility index (Phi) is 5.16. The van der Waals surface area contributed by atoms with Crippen LogP contribution in [-0.4, -0.2) is 42.0 Å². The number of ether oxygens (including phenoxy) is 1. The summed E-state index contributed by atoms with van der Waals surface area (Å²) in [6.45, 7) is 0.525. The predicted octanol–water partition coefficient (Wildman–Crippen LogP) is 2.56. The molecule has 0 aliphatic rings. The normalized spacial score (nSPS) is 10.4. The van der Waals surface area contributed by atoms with E-state index in [4.69, 9.17) is 0 Å². The summed E-state index contributed by atoms with van der Waals surface area (Å²) in [5.74, 6) is -0.279. The Balaban J connectivity index is 2.00. The summed E-state index contributed by atoms with van der Waals surface area (Å²) in [4.78, 5) is 25.9. The molecule has 1 amide bonds. The Hall–Kier alpha value is -2.08. The number of carbonyl (C=O) groups is 2. The molecule has 0 aromatic carbocycles. The van der Waals surface area contributed by atoms with Crippen molar-refractivity contribution in [3.05, 3.63) is 40.8 Å². The van der Waals surface area contributed by atoms with Crippen molar-refractivity contribution < 1.29 is 14.3 Å². The fraction of sp³-hybridized carbons (Fsp3) is 0.333. The molecule has 0 unspecified atom stereocenters. The van der Waals surface area contributed by atoms with Crippen molar-refractivity contribution in [3.63, 3.8) is 0 Å². The minimum Gasteiger partial charge on any atom is -0.469 e. The highest BCUT2D eigenvalue weighted by atomic mass is 32.1. The van der Waals surface area contributed by atoms with Crippen LogP contribution in [0.4, 0.5) is 0 Å². The van der Waals surface area contributed by atoms with Crippen molar-refractivity contribution in [1.82, 2.24) is 9.47 Å². The zero-order chi connectivity index (χ0) is 15.2. The van der Waals surface area contributed by atoms with E-state index in [9.17, 15) is 9.59 Å². The molecule has 2 heterocycles. The fourth-order valence-electron chi connectivity index (χ4n) is 2.00. The van der Waals surface area contributed by atoms with E-state index in [2.05, 4.69) is 4.74 Å². The van der Waals surface area contributed by atoms with Crippen LogP contribution in [0.5, 0.6) is 0 Å². The van der Waals surface area contributed by atoms with E-state index in [0.29, 0.717) is 24.3 Å². The Morgan fingerprint density at radius 3 is 2.71 bits per heavy atom. The van der Waals surface area contributed by atoms with Crippen LogP contribution in [0, 0.1) is 0 Å². The lowest BCUT2D eigenvalue weighted by molar-refractivity contribution is -0.140. The second kappa shape index (κ2) is 7.08. The molecular weight excluding hydrogens is 288 g/mol. The van der Waals surface area contributed by atoms with E-state index in [-0.39, 0.29) is 11.9 Å². The number of thiophene rings is 1. The van der Waals surface area contributed by atoms with Crippen LogP contribution in [-0.2, 0) is 9.53 Å². The van der Waals surface area contributed by atoms with Gasteiger partial charge in [-0.1, -0.05) is 0 Å². The highest BCUT2D eigenvalue weighted by molar-refractivity contribution is 7.12. The first-order valence-electron chi connectivity index (χ1n) is 6.66. The standard InChI is InChI=1S/C15H18N2O3S/c1-16(8-5-6-13(18)20-2)15(19)14-12(7-11-21-14)17-9-3-4-10-17/h3-4,7,9-11H,5-6,8H2,1-2H3. The average molecular weight is 306 g/mol. The molecule has 0 N–H and O–H groups in total. The minimum absolute atomic E-state index is 0.0291. The minimum atomic E-state index is -0.250. The van der Waals surface area contributed by atoms with Gasteiger partial charge in [0.25, 0.3) is 5.91 Å². The van der Waals surface area contributed by atoms with Gasteiger partial charge in [0.15, 0.2) is 0 Å². The van der Waals surface area contributed by atoms with Gasteiger partial charge in [0, 0.05) is 32.4 Å². The predicted molar refractivity (Wildman–Crippen MR) is 81.9 cm³/mol. The topological polar surface area (TPSA) is 51.5 Å². The lowest BCUT2D eigenvalue weighted by atomic mass is 10.3. The molecule has 0 radical (unpaired) electrons. The molecule has 21 heavy (non-hydrogen) atoms. The number of esters is 1. The molecule has 0 saturated heterocycles. The summed E-state index contributed by atoms with van der Waals surface area (Å²) < 4.78 is 6.51. The molecule has 0 fully saturated rings. The molecule has 0 aliphatic carbocycles. The monoisotopic (exact) mass is 306 g/mol. The van der Waals surface area contributed by atoms with Crippen molar-refractivity contribution in [2.75, 3.05) is 20.7 Å². The average Bonchev–Trinajstić information content (AvgIpc) is 3.16. The summed E-state index contributed by atoms with van der Waals surface area (Å²) >= 11 is 1.42. The van der Waals surface area contributed by atoms with Gasteiger partial charge in [-0.25, -0.2) is 0 Å². The molecule has 2 aromatic rings. The second-order valence-electron chi connectivity index (χ2n) is 4.63. The number of rotatable bonds is 6. The number of hydrogen-bond donors (Lipinski definition) is 0. The molecule has 0 atom stereocenters. The summed E-state index contributed by atoms with van der Waals surface area (Å²) in [5, 5.41) is 1.91. The number of hydrogen-bond acceptors (Lipinski definition) is 4. The van der Waals surface area contributed by atoms with Gasteiger partial charge in [0.2, 0.25) is 0 Å². The Morgan fingerprint density at radius 2 is 2.05 bits per heavy atom. The van der Waals surface area contributed by atoms with E-state index in [1.54, 1.807) is 11.9 Å². The van der Waals surface area contributed by atoms with Gasteiger partial charge in [0.05, 0.1) is 12.8 Å². The van der Waals surface area contributed by atoms with E-state index < -0.39 is 0 Å². The third-order valence-electron chi connectivity index (χ3n) is 3.17. The zero-order valence-electron chi connectivity index (χ0n) is 12.1. The van der Waals surface area contributed by atoms with Gasteiger partial charge >= 0.3 is 5.97 Å². The van der Waals surface area contributed by atoms with Gasteiger partial charge in [-0.15, -0.1) is 11.3 Å². The third kappa shape index (κ3) is 3.72. The van der Waals surface area contributed by atoms with Crippen molar-refractivity contribution in [2.24, 2.45) is 0 Å². The lowest BCUT2D eigenvalue weighted by Gasteiger charge is -2.17. The zero-order valence-corrected chi connectivity index (χ0v) is 12.9. The molecule has 6 heteroatoms. The largest absolute Gasteiger partial charge is 0.469 e. The van der Waals surface area contributed by atoms with E-state index in [1.165, 1.54) is 18.4 Å². The Labute approximate surface area is 127 Å². The van der Waals surface area contributed by atoms with Gasteiger partial charge in [-0.3, -0.25) is 9.59 Å². The first-order valence-corrected chi connectivity index (χ1v) is 7.54. The maximum Gasteiger partial charge on any atom is 0.305 e. The third-order valence-corrected chi connectivity index (χ3v) is 4.06. The quantitative estimate of drug-likeness (QED) is 0.771. The first kappa shape index (κ1) is 15.3. The molecule has 0 spiro atoms. The second-order valence-corrected chi connectivity index (χ2v) is 5.55. The molecule has 0 aliphatic heterocycles. The van der Waals surface area contributed by atoms with Gasteiger partial charge in [-0.2, -0.15) is 0 Å². The van der Waals surface area contributed by atoms with Gasteiger partial charge in [0.1, 0.15) is 4.88 Å². The Bertz CT molecular complexity index is 604. The van der Waals surface area contributed by atoms with Crippen molar-refractivity contribution >= 4 is 23.2 Å². The summed E-state index contributed by atoms with van der Waals surface area (Å²) in [6.07, 6.45) is 4.74. The highest BCUT2D eigenvalue weighted by Gasteiger charge is 2.18. The van der Waals surface area contributed by atoms with Crippen molar-refractivity contribution in [1.29, 1.82) is 0 Å². The molecule has 2 aromatic heterocycles. The van der Waals surface area contributed by atoms with Crippen LogP contribution in [0.25, 0.3) is 5.69 Å². The maximum absolute atomic E-state index is 12.5. The number of amides is 1. The van der Waals surface area contributed by atoms with E-state index in [0.717, 1.165) is 5.69 Å². The van der Waals surface area contributed by atoms with Crippen molar-refractivity contribution in [2.45, 2.75) is 12.8 Å². The highest BCUT2D eigenvalue weighted by Crippen LogP contribution is 2.22. The first-order chi connectivity index (χ1) is 10.1. The number of aromatic nitrogens is 1. The Morgan fingerprint density at radius 1 is 1.33 bits per heavy atom. The van der Waals surface area contributed by atoms with Gasteiger partial charge in [-0.05, 0) is 30.0 Å². The summed E-state index contributed by atoms with van der Waals surface area (Å²) in [5.41, 5.74) is 0.884. The number of nitrogens with zero attached hydrogens (tertiary/aromatic N) is 2. The summed E-state index contributed by atoms with van der Waals surface area (Å²) in [7, 11) is 3.12. The smallest absolute Gasteiger partial charge is 0.305 e. The van der Waals surface area contributed by atoms with Gasteiger partial charge < -0.3 is 14.2 Å². The lowest BCUT2D eigenvalue weighted by Crippen LogP contribution is -2.28. The van der Waals surface area contributed by atoms with Crippen molar-refractivity contribution in [3.8, 4) is 5.69 Å². The van der Waals surface area contributed by atoms with E-state index in [1.807, 2.05) is 40.5 Å². The van der Waals surface area contributed by atoms with Crippen LogP contribution in [0.15, 0.2) is 36.0 Å². The molecule has 0 saturated carbocycles. The van der Waals surface area contributed by atoms with Crippen LogP contribution >= 0.6 is 11.3 Å². The SMILES string of the molecule is COC(=O)CCCN(C)C(=O)c1sccc1-n1cccc1. The number of methoxy groups -OCH3 is 1. The molecular formula is C15H18N2O3S. The summed E-state index contributed by atoms with van der Waals surface area (Å²) in [6, 6.07) is 5.78. The molecule has 112 valence electrons. The van der Waals surface area contributed by atoms with Crippen LogP contribution in [0.1, 0.15) is 22.5 Å². The van der Waals surface area contributed by atoms with Crippen LogP contribution < -0.4 is 0 Å². The maximum atomic E-state index is 12.5. The van der Waals surface area contributed by atoms with Crippen LogP contribution in [0.2, 0.25) is 0 Å². The molecule has 2 rings (SSSR count).